The zero-order chi connectivity index (χ0) is 16.7. The Hall–Kier alpha value is -2.61. The Bertz CT molecular complexity index is 647. The number of hydrogen-bond acceptors (Lipinski definition) is 4. The second kappa shape index (κ2) is 8.14. The van der Waals surface area contributed by atoms with E-state index in [9.17, 15) is 14.3 Å². The fraction of sp³-hybridized carbons (Fsp3) is 0.333. The first kappa shape index (κ1) is 16.8. The first-order valence-corrected chi connectivity index (χ1v) is 7.20. The third-order valence-electron chi connectivity index (χ3n) is 2.95. The maximum absolute atomic E-state index is 13.0. The van der Waals surface area contributed by atoms with Crippen LogP contribution in [0.15, 0.2) is 36.7 Å². The zero-order valence-corrected chi connectivity index (χ0v) is 12.7. The highest BCUT2D eigenvalue weighted by Crippen LogP contribution is 2.12. The maximum atomic E-state index is 13.0. The van der Waals surface area contributed by atoms with Gasteiger partial charge < -0.3 is 20.5 Å². The number of amides is 2. The quantitative estimate of drug-likeness (QED) is 0.722. The minimum atomic E-state index is -0.914. The number of aryl methyl sites for hydroxylation is 1. The number of anilines is 1. The van der Waals surface area contributed by atoms with E-state index in [0.29, 0.717) is 18.0 Å². The Morgan fingerprint density at radius 2 is 2.35 bits per heavy atom. The minimum Gasteiger partial charge on any atom is -0.491 e. The topological polar surface area (TPSA) is 88.4 Å². The van der Waals surface area contributed by atoms with Crippen LogP contribution in [0.1, 0.15) is 6.92 Å². The average molecular weight is 322 g/mol. The Balaban J connectivity index is 1.69. The highest BCUT2D eigenvalue weighted by molar-refractivity contribution is 5.88. The number of ether oxygens (including phenoxy) is 1. The van der Waals surface area contributed by atoms with Crippen molar-refractivity contribution >= 4 is 11.7 Å². The second-order valence-electron chi connectivity index (χ2n) is 4.84. The molecule has 0 spiro atoms. The summed E-state index contributed by atoms with van der Waals surface area (Å²) >= 11 is 0. The molecule has 0 aliphatic rings. The summed E-state index contributed by atoms with van der Waals surface area (Å²) in [4.78, 5) is 11.7. The smallest absolute Gasteiger partial charge is 0.319 e. The van der Waals surface area contributed by atoms with Crippen molar-refractivity contribution in [3.05, 3.63) is 42.5 Å². The number of rotatable bonds is 7. The van der Waals surface area contributed by atoms with Gasteiger partial charge in [0.2, 0.25) is 0 Å². The van der Waals surface area contributed by atoms with Crippen LogP contribution in [-0.4, -0.2) is 40.2 Å². The van der Waals surface area contributed by atoms with Gasteiger partial charge in [-0.05, 0) is 19.1 Å². The van der Waals surface area contributed by atoms with Crippen LogP contribution in [0.5, 0.6) is 5.75 Å². The largest absolute Gasteiger partial charge is 0.491 e. The summed E-state index contributed by atoms with van der Waals surface area (Å²) in [7, 11) is 0. The number of nitrogens with one attached hydrogen (secondary N) is 2. The molecular weight excluding hydrogens is 303 g/mol. The van der Waals surface area contributed by atoms with Crippen molar-refractivity contribution in [2.75, 3.05) is 18.5 Å². The van der Waals surface area contributed by atoms with Crippen molar-refractivity contribution in [3.8, 4) is 5.75 Å². The molecule has 8 heteroatoms. The molecule has 0 fully saturated rings. The van der Waals surface area contributed by atoms with Crippen molar-refractivity contribution in [3.63, 3.8) is 0 Å². The molecule has 0 radical (unpaired) electrons. The number of hydrogen-bond donors (Lipinski definition) is 3. The van der Waals surface area contributed by atoms with Crippen molar-refractivity contribution in [2.24, 2.45) is 0 Å². The SMILES string of the molecule is CCn1cc(NC(=O)NC[C@@H](O)COc2cccc(F)c2)cn1. The lowest BCUT2D eigenvalue weighted by molar-refractivity contribution is 0.108. The number of nitrogens with zero attached hydrogens (tertiary/aromatic N) is 2. The predicted octanol–water partition coefficient (Wildman–Crippen LogP) is 1.60. The van der Waals surface area contributed by atoms with Gasteiger partial charge in [0.05, 0.1) is 11.9 Å². The van der Waals surface area contributed by atoms with E-state index >= 15 is 0 Å². The van der Waals surface area contributed by atoms with Crippen molar-refractivity contribution in [2.45, 2.75) is 19.6 Å². The number of carbonyl (C=O) groups is 1. The van der Waals surface area contributed by atoms with E-state index in [-0.39, 0.29) is 13.2 Å². The predicted molar refractivity (Wildman–Crippen MR) is 82.8 cm³/mol. The first-order chi connectivity index (χ1) is 11.1. The van der Waals surface area contributed by atoms with E-state index in [1.54, 1.807) is 16.9 Å². The summed E-state index contributed by atoms with van der Waals surface area (Å²) in [6, 6.07) is 5.17. The average Bonchev–Trinajstić information content (AvgIpc) is 2.98. The Labute approximate surface area is 133 Å². The summed E-state index contributed by atoms with van der Waals surface area (Å²) in [6.07, 6.45) is 2.32. The molecule has 2 amide bonds. The van der Waals surface area contributed by atoms with Crippen LogP contribution in [0.4, 0.5) is 14.9 Å². The van der Waals surface area contributed by atoms with Crippen LogP contribution < -0.4 is 15.4 Å². The third-order valence-corrected chi connectivity index (χ3v) is 2.95. The molecule has 7 nitrogen and oxygen atoms in total. The lowest BCUT2D eigenvalue weighted by Gasteiger charge is -2.13. The molecule has 1 aromatic carbocycles. The van der Waals surface area contributed by atoms with Gasteiger partial charge in [0.25, 0.3) is 0 Å². The van der Waals surface area contributed by atoms with Gasteiger partial charge in [0.1, 0.15) is 24.3 Å². The molecule has 124 valence electrons. The van der Waals surface area contributed by atoms with Crippen LogP contribution in [0.3, 0.4) is 0 Å². The molecule has 2 rings (SSSR count). The third kappa shape index (κ3) is 5.59. The number of aromatic nitrogens is 2. The van der Waals surface area contributed by atoms with E-state index in [1.807, 2.05) is 6.92 Å². The zero-order valence-electron chi connectivity index (χ0n) is 12.7. The Kier molecular flexibility index (Phi) is 5.93. The van der Waals surface area contributed by atoms with E-state index < -0.39 is 18.0 Å². The van der Waals surface area contributed by atoms with Crippen LogP contribution in [0.2, 0.25) is 0 Å². The van der Waals surface area contributed by atoms with Crippen LogP contribution in [0, 0.1) is 5.82 Å². The van der Waals surface area contributed by atoms with Gasteiger partial charge >= 0.3 is 6.03 Å². The minimum absolute atomic E-state index is 0.00304. The Morgan fingerprint density at radius 1 is 1.52 bits per heavy atom. The van der Waals surface area contributed by atoms with Crippen LogP contribution >= 0.6 is 0 Å². The fourth-order valence-corrected chi connectivity index (χ4v) is 1.79. The molecule has 0 saturated heterocycles. The molecular formula is C15H19FN4O3. The summed E-state index contributed by atoms with van der Waals surface area (Å²) < 4.78 is 19.9. The molecule has 1 atom stereocenters. The lowest BCUT2D eigenvalue weighted by atomic mass is 10.3. The molecule has 0 aliphatic heterocycles. The van der Waals surface area contributed by atoms with Crippen LogP contribution in [0.25, 0.3) is 0 Å². The van der Waals surface area contributed by atoms with E-state index in [0.717, 1.165) is 0 Å². The molecule has 0 unspecified atom stereocenters. The number of carbonyl (C=O) groups excluding carboxylic acids is 1. The van der Waals surface area contributed by atoms with Gasteiger partial charge in [0, 0.05) is 25.4 Å². The van der Waals surface area contributed by atoms with Gasteiger partial charge in [-0.1, -0.05) is 6.07 Å². The normalized spacial score (nSPS) is 11.8. The fourth-order valence-electron chi connectivity index (χ4n) is 1.79. The summed E-state index contributed by atoms with van der Waals surface area (Å²) in [5, 5.41) is 18.9. The molecule has 1 aromatic heterocycles. The summed E-state index contributed by atoms with van der Waals surface area (Å²) in [5.74, 6) is -0.0948. The highest BCUT2D eigenvalue weighted by atomic mass is 19.1. The van der Waals surface area contributed by atoms with Gasteiger partial charge in [-0.15, -0.1) is 0 Å². The number of urea groups is 1. The summed E-state index contributed by atoms with van der Waals surface area (Å²) in [5.41, 5.74) is 0.565. The molecule has 2 aromatic rings. The lowest BCUT2D eigenvalue weighted by Crippen LogP contribution is -2.37. The monoisotopic (exact) mass is 322 g/mol. The molecule has 0 saturated carbocycles. The van der Waals surface area contributed by atoms with Crippen molar-refractivity contribution in [1.82, 2.24) is 15.1 Å². The summed E-state index contributed by atoms with van der Waals surface area (Å²) in [6.45, 7) is 2.59. The first-order valence-electron chi connectivity index (χ1n) is 7.20. The number of aliphatic hydroxyl groups excluding tert-OH is 1. The number of benzene rings is 1. The van der Waals surface area contributed by atoms with Gasteiger partial charge in [-0.25, -0.2) is 9.18 Å². The molecule has 23 heavy (non-hydrogen) atoms. The molecule has 1 heterocycles. The number of aliphatic hydroxyl groups is 1. The van der Waals surface area contributed by atoms with Crippen LogP contribution in [-0.2, 0) is 6.54 Å². The van der Waals surface area contributed by atoms with Gasteiger partial charge in [0.15, 0.2) is 0 Å². The molecule has 3 N–H and O–H groups in total. The highest BCUT2D eigenvalue weighted by Gasteiger charge is 2.09. The molecule has 0 bridgehead atoms. The van der Waals surface area contributed by atoms with E-state index in [2.05, 4.69) is 15.7 Å². The van der Waals surface area contributed by atoms with Crippen molar-refractivity contribution < 1.29 is 19.0 Å². The van der Waals surface area contributed by atoms with Gasteiger partial charge in [-0.2, -0.15) is 5.10 Å². The van der Waals surface area contributed by atoms with Gasteiger partial charge in [-0.3, -0.25) is 4.68 Å². The van der Waals surface area contributed by atoms with Crippen molar-refractivity contribution in [1.29, 1.82) is 0 Å². The van der Waals surface area contributed by atoms with E-state index in [1.165, 1.54) is 24.4 Å². The number of halogens is 1. The standard InChI is InChI=1S/C15H19FN4O3/c1-2-20-9-12(7-18-20)19-15(22)17-8-13(21)10-23-14-5-3-4-11(16)6-14/h3-7,9,13,21H,2,8,10H2,1H3,(H2,17,19,22)/t13-/m1/s1. The second-order valence-corrected chi connectivity index (χ2v) is 4.84. The molecule has 0 aliphatic carbocycles. The Morgan fingerprint density at radius 3 is 3.04 bits per heavy atom. The van der Waals surface area contributed by atoms with E-state index in [4.69, 9.17) is 4.74 Å². The maximum Gasteiger partial charge on any atom is 0.319 e.